The van der Waals surface area contributed by atoms with Crippen LogP contribution in [0.25, 0.3) is 11.0 Å². The lowest BCUT2D eigenvalue weighted by Crippen LogP contribution is -2.14. The summed E-state index contributed by atoms with van der Waals surface area (Å²) in [6.45, 7) is 2.90. The molecule has 0 spiro atoms. The molecular formula is C20H27ClN6O2. The molecule has 0 radical (unpaired) electrons. The Balaban J connectivity index is 1.73. The molecule has 2 heterocycles. The average Bonchev–Trinajstić information content (AvgIpc) is 3.03. The van der Waals surface area contributed by atoms with E-state index in [1.165, 1.54) is 44.5 Å². The molecule has 1 fully saturated rings. The molecular weight excluding hydrogens is 392 g/mol. The van der Waals surface area contributed by atoms with E-state index in [4.69, 9.17) is 22.1 Å². The molecule has 8 nitrogen and oxygen atoms in total. The van der Waals surface area contributed by atoms with Crippen molar-refractivity contribution < 1.29 is 9.53 Å². The van der Waals surface area contributed by atoms with Crippen LogP contribution in [-0.4, -0.2) is 39.9 Å². The van der Waals surface area contributed by atoms with E-state index in [0.717, 1.165) is 17.6 Å². The summed E-state index contributed by atoms with van der Waals surface area (Å²) in [5, 5.41) is 4.49. The van der Waals surface area contributed by atoms with Crippen molar-refractivity contribution in [1.82, 2.24) is 14.5 Å². The number of carbonyl (C=O) groups excluding carboxylic acids is 1. The van der Waals surface area contributed by atoms with Crippen LogP contribution in [0.15, 0.2) is 29.3 Å². The molecule has 1 aliphatic rings. The zero-order valence-electron chi connectivity index (χ0n) is 16.6. The van der Waals surface area contributed by atoms with Crippen LogP contribution in [0.4, 0.5) is 5.95 Å². The largest absolute Gasteiger partial charge is 0.465 e. The minimum absolute atomic E-state index is 0.0768. The Kier molecular flexibility index (Phi) is 7.46. The molecule has 156 valence electrons. The third-order valence-electron chi connectivity index (χ3n) is 4.94. The van der Waals surface area contributed by atoms with Gasteiger partial charge in [-0.15, -0.1) is 0 Å². The van der Waals surface area contributed by atoms with Gasteiger partial charge in [0.25, 0.3) is 0 Å². The number of fused-ring (bicyclic) bond motifs is 1. The van der Waals surface area contributed by atoms with Crippen LogP contribution < -0.4 is 11.1 Å². The van der Waals surface area contributed by atoms with Crippen molar-refractivity contribution >= 4 is 40.8 Å². The summed E-state index contributed by atoms with van der Waals surface area (Å²) < 4.78 is 6.95. The van der Waals surface area contributed by atoms with E-state index >= 15 is 0 Å². The summed E-state index contributed by atoms with van der Waals surface area (Å²) in [5.74, 6) is 0.640. The normalized spacial score (nSPS) is 15.9. The van der Waals surface area contributed by atoms with Gasteiger partial charge in [-0.3, -0.25) is 9.79 Å². The van der Waals surface area contributed by atoms with Crippen molar-refractivity contribution in [1.29, 1.82) is 0 Å². The van der Waals surface area contributed by atoms with Crippen molar-refractivity contribution in [3.8, 4) is 0 Å². The zero-order valence-corrected chi connectivity index (χ0v) is 17.4. The van der Waals surface area contributed by atoms with Gasteiger partial charge in [-0.25, -0.2) is 4.98 Å². The molecule has 3 rings (SSSR count). The fourth-order valence-corrected chi connectivity index (χ4v) is 3.80. The van der Waals surface area contributed by atoms with Crippen LogP contribution in [0.3, 0.4) is 0 Å². The van der Waals surface area contributed by atoms with Crippen LogP contribution in [0.2, 0.25) is 5.02 Å². The first kappa shape index (κ1) is 21.1. The third kappa shape index (κ3) is 5.69. The second-order valence-electron chi connectivity index (χ2n) is 7.09. The van der Waals surface area contributed by atoms with Crippen LogP contribution in [0, 0.1) is 5.92 Å². The quantitative estimate of drug-likeness (QED) is 0.501. The highest BCUT2D eigenvalue weighted by Crippen LogP contribution is 2.29. The van der Waals surface area contributed by atoms with E-state index in [0.29, 0.717) is 29.2 Å². The van der Waals surface area contributed by atoms with Crippen LogP contribution in [0.1, 0.15) is 39.0 Å². The first-order valence-corrected chi connectivity index (χ1v) is 10.3. The number of halogens is 1. The maximum Gasteiger partial charge on any atom is 0.327 e. The number of nitrogens with zero attached hydrogens (tertiary/aromatic N) is 4. The lowest BCUT2D eigenvalue weighted by molar-refractivity contribution is -0.141. The first-order chi connectivity index (χ1) is 14.1. The SMILES string of the molecule is CCOC(=O)CN=C/C(=C\N)Nc1ncc2c(Cl)cn(CC3CCCCC3)c2n1. The standard InChI is InChI=1S/C20H27ClN6O2/c1-2-29-18(28)11-23-9-15(8-22)25-20-24-10-16-17(21)13-27(19(16)26-20)12-14-6-4-3-5-7-14/h8-10,13-14H,2-7,11-12,22H2,1H3,(H,24,25,26)/b15-8+,23-9?. The minimum Gasteiger partial charge on any atom is -0.465 e. The highest BCUT2D eigenvalue weighted by molar-refractivity contribution is 6.35. The molecule has 0 atom stereocenters. The highest BCUT2D eigenvalue weighted by atomic mass is 35.5. The van der Waals surface area contributed by atoms with Gasteiger partial charge in [0.2, 0.25) is 5.95 Å². The number of aliphatic imine (C=N–C) groups is 1. The number of esters is 1. The second kappa shape index (κ2) is 10.2. The Morgan fingerprint density at radius 3 is 2.97 bits per heavy atom. The van der Waals surface area contributed by atoms with E-state index in [9.17, 15) is 4.79 Å². The monoisotopic (exact) mass is 418 g/mol. The van der Waals surface area contributed by atoms with E-state index < -0.39 is 5.97 Å². The van der Waals surface area contributed by atoms with Crippen molar-refractivity contribution in [2.24, 2.45) is 16.6 Å². The van der Waals surface area contributed by atoms with Gasteiger partial charge >= 0.3 is 5.97 Å². The van der Waals surface area contributed by atoms with Gasteiger partial charge in [-0.1, -0.05) is 30.9 Å². The average molecular weight is 419 g/mol. The summed E-state index contributed by atoms with van der Waals surface area (Å²) >= 11 is 6.39. The van der Waals surface area contributed by atoms with E-state index in [1.54, 1.807) is 13.1 Å². The predicted octanol–water partition coefficient (Wildman–Crippen LogP) is 3.51. The number of aromatic nitrogens is 3. The molecule has 3 N–H and O–H groups in total. The molecule has 2 aromatic heterocycles. The van der Waals surface area contributed by atoms with Gasteiger partial charge in [0.05, 0.1) is 22.7 Å². The van der Waals surface area contributed by atoms with E-state index in [-0.39, 0.29) is 6.54 Å². The summed E-state index contributed by atoms with van der Waals surface area (Å²) in [6.07, 6.45) is 12.8. The van der Waals surface area contributed by atoms with E-state index in [1.807, 2.05) is 6.20 Å². The highest BCUT2D eigenvalue weighted by Gasteiger charge is 2.17. The van der Waals surface area contributed by atoms with Crippen LogP contribution in [0.5, 0.6) is 0 Å². The maximum atomic E-state index is 11.4. The number of allylic oxidation sites excluding steroid dienone is 1. The molecule has 9 heteroatoms. The van der Waals surface area contributed by atoms with Crippen molar-refractivity contribution in [2.45, 2.75) is 45.6 Å². The third-order valence-corrected chi connectivity index (χ3v) is 5.24. The first-order valence-electron chi connectivity index (χ1n) is 9.96. The van der Waals surface area contributed by atoms with Gasteiger partial charge in [-0.05, 0) is 25.7 Å². The molecule has 0 bridgehead atoms. The lowest BCUT2D eigenvalue weighted by atomic mass is 9.89. The Labute approximate surface area is 175 Å². The minimum atomic E-state index is -0.395. The van der Waals surface area contributed by atoms with Crippen LogP contribution in [-0.2, 0) is 16.1 Å². The Morgan fingerprint density at radius 2 is 2.24 bits per heavy atom. The fraction of sp³-hybridized carbons (Fsp3) is 0.500. The summed E-state index contributed by atoms with van der Waals surface area (Å²) in [4.78, 5) is 24.3. The number of hydrogen-bond acceptors (Lipinski definition) is 7. The van der Waals surface area contributed by atoms with Gasteiger partial charge < -0.3 is 20.4 Å². The molecule has 0 aliphatic heterocycles. The molecule has 2 aromatic rings. The lowest BCUT2D eigenvalue weighted by Gasteiger charge is -2.22. The second-order valence-corrected chi connectivity index (χ2v) is 7.49. The number of rotatable bonds is 8. The molecule has 0 unspecified atom stereocenters. The Morgan fingerprint density at radius 1 is 1.45 bits per heavy atom. The van der Waals surface area contributed by atoms with Crippen molar-refractivity contribution in [3.63, 3.8) is 0 Å². The molecule has 0 saturated heterocycles. The maximum absolute atomic E-state index is 11.4. The Bertz CT molecular complexity index is 902. The molecule has 1 saturated carbocycles. The number of ether oxygens (including phenoxy) is 1. The summed E-state index contributed by atoms with van der Waals surface area (Å²) in [6, 6.07) is 0. The zero-order chi connectivity index (χ0) is 20.6. The topological polar surface area (TPSA) is 107 Å². The van der Waals surface area contributed by atoms with Crippen molar-refractivity contribution in [2.75, 3.05) is 18.5 Å². The summed E-state index contributed by atoms with van der Waals surface area (Å²) in [5.41, 5.74) is 6.92. The van der Waals surface area contributed by atoms with Gasteiger partial charge in [0, 0.05) is 31.4 Å². The summed E-state index contributed by atoms with van der Waals surface area (Å²) in [7, 11) is 0. The van der Waals surface area contributed by atoms with Crippen LogP contribution >= 0.6 is 11.6 Å². The Hall–Kier alpha value is -2.61. The number of hydrogen-bond donors (Lipinski definition) is 2. The van der Waals surface area contributed by atoms with Gasteiger partial charge in [-0.2, -0.15) is 4.98 Å². The number of nitrogens with one attached hydrogen (secondary N) is 1. The van der Waals surface area contributed by atoms with E-state index in [2.05, 4.69) is 24.8 Å². The fourth-order valence-electron chi connectivity index (χ4n) is 3.55. The number of anilines is 1. The van der Waals surface area contributed by atoms with Gasteiger partial charge in [0.1, 0.15) is 12.2 Å². The number of nitrogens with two attached hydrogens (primary N) is 1. The molecule has 0 amide bonds. The molecule has 29 heavy (non-hydrogen) atoms. The molecule has 1 aliphatic carbocycles. The predicted molar refractivity (Wildman–Crippen MR) is 115 cm³/mol. The number of carbonyl (C=O) groups is 1. The van der Waals surface area contributed by atoms with Gasteiger partial charge in [0.15, 0.2) is 0 Å². The van der Waals surface area contributed by atoms with Crippen molar-refractivity contribution in [3.05, 3.63) is 29.3 Å². The smallest absolute Gasteiger partial charge is 0.327 e. The molecule has 0 aromatic carbocycles.